The van der Waals surface area contributed by atoms with Crippen LogP contribution in [0.15, 0.2) is 30.6 Å². The number of nitrogens with zero attached hydrogens (tertiary/aromatic N) is 5. The predicted octanol–water partition coefficient (Wildman–Crippen LogP) is 5.07. The zero-order chi connectivity index (χ0) is 30.9. The highest BCUT2D eigenvalue weighted by Crippen LogP contribution is 2.55. The van der Waals surface area contributed by atoms with E-state index in [2.05, 4.69) is 65.8 Å². The van der Waals surface area contributed by atoms with Crippen LogP contribution in [0.2, 0.25) is 5.02 Å². The maximum absolute atomic E-state index is 13.3. The number of anilines is 1. The van der Waals surface area contributed by atoms with Gasteiger partial charge in [0, 0.05) is 67.6 Å². The van der Waals surface area contributed by atoms with Crippen LogP contribution >= 0.6 is 11.6 Å². The molecule has 1 aromatic carbocycles. The van der Waals surface area contributed by atoms with Gasteiger partial charge in [0.15, 0.2) is 0 Å². The third kappa shape index (κ3) is 6.62. The lowest BCUT2D eigenvalue weighted by molar-refractivity contribution is -0.164. The van der Waals surface area contributed by atoms with Crippen LogP contribution in [0, 0.1) is 28.1 Å². The Balaban J connectivity index is 1.12. The van der Waals surface area contributed by atoms with Crippen LogP contribution in [-0.4, -0.2) is 76.4 Å². The Morgan fingerprint density at radius 3 is 2.33 bits per heavy atom. The number of halogens is 1. The highest BCUT2D eigenvalue weighted by Gasteiger charge is 2.64. The molecular formula is C33H45ClN6O3. The monoisotopic (exact) mass is 608 g/mol. The van der Waals surface area contributed by atoms with Crippen LogP contribution in [0.25, 0.3) is 0 Å². The molecule has 0 spiro atoms. The van der Waals surface area contributed by atoms with Crippen molar-refractivity contribution < 1.29 is 14.6 Å². The molecule has 3 fully saturated rings. The molecule has 1 aromatic heterocycles. The fraction of sp³-hybridized carbons (Fsp3) is 0.636. The van der Waals surface area contributed by atoms with Gasteiger partial charge in [-0.3, -0.25) is 4.79 Å². The highest BCUT2D eigenvalue weighted by atomic mass is 35.5. The van der Waals surface area contributed by atoms with Gasteiger partial charge in [-0.2, -0.15) is 5.26 Å². The number of aromatic nitrogens is 2. The molecule has 43 heavy (non-hydrogen) atoms. The van der Waals surface area contributed by atoms with E-state index in [1.807, 2.05) is 0 Å². The van der Waals surface area contributed by atoms with Crippen molar-refractivity contribution in [3.63, 3.8) is 0 Å². The van der Waals surface area contributed by atoms with Gasteiger partial charge in [-0.25, -0.2) is 9.97 Å². The van der Waals surface area contributed by atoms with E-state index in [0.29, 0.717) is 39.8 Å². The lowest BCUT2D eigenvalue weighted by Gasteiger charge is -2.63. The summed E-state index contributed by atoms with van der Waals surface area (Å²) in [5.74, 6) is 1.76. The molecule has 2 N–H and O–H groups in total. The summed E-state index contributed by atoms with van der Waals surface area (Å²) in [6.07, 6.45) is 8.12. The molecule has 1 saturated carbocycles. The van der Waals surface area contributed by atoms with Crippen LogP contribution in [0.3, 0.4) is 0 Å². The number of benzene rings is 1. The Morgan fingerprint density at radius 1 is 1.12 bits per heavy atom. The number of nitrogens with one attached hydrogen (secondary N) is 1. The molecule has 10 heteroatoms. The Hall–Kier alpha value is -2.93. The van der Waals surface area contributed by atoms with Crippen molar-refractivity contribution in [2.45, 2.75) is 91.0 Å². The molecule has 1 atom stereocenters. The zero-order valence-electron chi connectivity index (χ0n) is 26.0. The number of amides is 1. The first-order chi connectivity index (χ1) is 20.4. The maximum atomic E-state index is 13.3. The number of carbonyl (C=O) groups is 1. The second kappa shape index (κ2) is 12.6. The van der Waals surface area contributed by atoms with Crippen molar-refractivity contribution in [1.82, 2.24) is 20.2 Å². The summed E-state index contributed by atoms with van der Waals surface area (Å²) in [6.45, 7) is 14.5. The normalized spacial score (nSPS) is 24.9. The van der Waals surface area contributed by atoms with Crippen LogP contribution in [0.4, 0.5) is 5.95 Å². The highest BCUT2D eigenvalue weighted by molar-refractivity contribution is 6.31. The standard InChI is InChI=1S/C33H45ClN6O3/c1-21(39-14-10-25(41)11-15-39)16-22-8-12-40(13-9-22)31-36-19-24(20-37-31)28(42)38-29-32(2,3)30(33(29,4)5)43-26-7-6-23(18-35)27(34)17-26/h6-7,17,19-22,25,29-30,41H,8-16H2,1-5H3,(H,38,42). The lowest BCUT2D eigenvalue weighted by atomic mass is 9.49. The van der Waals surface area contributed by atoms with Crippen molar-refractivity contribution >= 4 is 23.5 Å². The second-order valence-electron chi connectivity index (χ2n) is 13.9. The molecule has 2 aromatic rings. The number of aliphatic hydroxyl groups is 1. The number of ether oxygens (including phenoxy) is 1. The van der Waals surface area contributed by atoms with E-state index in [0.717, 1.165) is 51.9 Å². The van der Waals surface area contributed by atoms with Gasteiger partial charge >= 0.3 is 0 Å². The first-order valence-corrected chi connectivity index (χ1v) is 15.9. The predicted molar refractivity (Wildman–Crippen MR) is 167 cm³/mol. The number of hydrogen-bond acceptors (Lipinski definition) is 8. The molecule has 3 aliphatic rings. The Morgan fingerprint density at radius 2 is 1.74 bits per heavy atom. The fourth-order valence-electron chi connectivity index (χ4n) is 7.74. The Labute approximate surface area is 260 Å². The minimum atomic E-state index is -0.350. The van der Waals surface area contributed by atoms with Gasteiger partial charge in [0.1, 0.15) is 17.9 Å². The van der Waals surface area contributed by atoms with E-state index in [1.165, 1.54) is 6.42 Å². The average Bonchev–Trinajstić information content (AvgIpc) is 2.99. The lowest BCUT2D eigenvalue weighted by Crippen LogP contribution is -2.74. The van der Waals surface area contributed by atoms with Gasteiger partial charge in [-0.05, 0) is 57.1 Å². The first-order valence-electron chi connectivity index (χ1n) is 15.6. The van der Waals surface area contributed by atoms with Crippen LogP contribution in [0.5, 0.6) is 5.75 Å². The van der Waals surface area contributed by atoms with Crippen LogP contribution in [-0.2, 0) is 0 Å². The molecule has 9 nitrogen and oxygen atoms in total. The summed E-state index contributed by atoms with van der Waals surface area (Å²) in [4.78, 5) is 27.2. The summed E-state index contributed by atoms with van der Waals surface area (Å²) >= 11 is 6.21. The van der Waals surface area contributed by atoms with E-state index in [1.54, 1.807) is 30.6 Å². The topological polar surface area (TPSA) is 115 Å². The van der Waals surface area contributed by atoms with Crippen molar-refractivity contribution in [3.8, 4) is 11.8 Å². The van der Waals surface area contributed by atoms with Gasteiger partial charge < -0.3 is 25.0 Å². The summed E-state index contributed by atoms with van der Waals surface area (Å²) in [6, 6.07) is 7.56. The number of rotatable bonds is 8. The molecule has 3 heterocycles. The quantitative estimate of drug-likeness (QED) is 0.427. The molecule has 1 amide bonds. The van der Waals surface area contributed by atoms with Crippen molar-refractivity contribution in [3.05, 3.63) is 46.7 Å². The van der Waals surface area contributed by atoms with Crippen molar-refractivity contribution in [1.29, 1.82) is 5.26 Å². The van der Waals surface area contributed by atoms with Gasteiger partial charge in [0.25, 0.3) is 5.91 Å². The Bertz CT molecular complexity index is 1310. The van der Waals surface area contributed by atoms with Gasteiger partial charge in [-0.15, -0.1) is 0 Å². The molecular weight excluding hydrogens is 564 g/mol. The minimum Gasteiger partial charge on any atom is -0.489 e. The molecule has 0 radical (unpaired) electrons. The number of likely N-dealkylation sites (tertiary alicyclic amines) is 1. The smallest absolute Gasteiger partial charge is 0.254 e. The SMILES string of the molecule is CC(CC1CCN(c2ncc(C(=O)NC3C(C)(C)C(Oc4ccc(C#N)c(Cl)c4)C3(C)C)cn2)CC1)N1CCC(O)CC1. The Kier molecular flexibility index (Phi) is 9.22. The van der Waals surface area contributed by atoms with E-state index in [-0.39, 0.29) is 35.0 Å². The number of hydrogen-bond donors (Lipinski definition) is 2. The largest absolute Gasteiger partial charge is 0.489 e. The summed E-state index contributed by atoms with van der Waals surface area (Å²) in [5, 5.41) is 22.5. The van der Waals surface area contributed by atoms with Crippen LogP contribution < -0.4 is 15.0 Å². The molecule has 5 rings (SSSR count). The number of piperidine rings is 2. The van der Waals surface area contributed by atoms with Gasteiger partial charge in [0.05, 0.1) is 22.3 Å². The third-order valence-corrected chi connectivity index (χ3v) is 10.3. The molecule has 232 valence electrons. The summed E-state index contributed by atoms with van der Waals surface area (Å²) in [5.41, 5.74) is 0.146. The third-order valence-electron chi connectivity index (χ3n) is 10.0. The second-order valence-corrected chi connectivity index (χ2v) is 14.3. The van der Waals surface area contributed by atoms with E-state index in [9.17, 15) is 9.90 Å². The maximum Gasteiger partial charge on any atom is 0.254 e. The molecule has 2 saturated heterocycles. The van der Waals surface area contributed by atoms with Crippen LogP contribution in [0.1, 0.15) is 82.6 Å². The van der Waals surface area contributed by atoms with Crippen molar-refractivity contribution in [2.75, 3.05) is 31.1 Å². The minimum absolute atomic E-state index is 0.130. The number of nitriles is 1. The zero-order valence-corrected chi connectivity index (χ0v) is 26.8. The van der Waals surface area contributed by atoms with Crippen molar-refractivity contribution in [2.24, 2.45) is 16.7 Å². The summed E-state index contributed by atoms with van der Waals surface area (Å²) in [7, 11) is 0. The molecule has 2 aliphatic heterocycles. The van der Waals surface area contributed by atoms with Gasteiger partial charge in [0.2, 0.25) is 5.95 Å². The average molecular weight is 609 g/mol. The number of aliphatic hydroxyl groups excluding tert-OH is 1. The number of carbonyl (C=O) groups excluding carboxylic acids is 1. The van der Waals surface area contributed by atoms with Gasteiger partial charge in [-0.1, -0.05) is 39.3 Å². The van der Waals surface area contributed by atoms with E-state index in [4.69, 9.17) is 21.6 Å². The van der Waals surface area contributed by atoms with E-state index >= 15 is 0 Å². The molecule has 1 aliphatic carbocycles. The summed E-state index contributed by atoms with van der Waals surface area (Å²) < 4.78 is 6.34. The molecule has 1 unspecified atom stereocenters. The van der Waals surface area contributed by atoms with E-state index < -0.39 is 0 Å². The fourth-order valence-corrected chi connectivity index (χ4v) is 7.95. The molecule has 0 bridgehead atoms. The first kappa shape index (κ1) is 31.5.